The number of amides is 1. The van der Waals surface area contributed by atoms with Crippen molar-refractivity contribution in [1.29, 1.82) is 0 Å². The summed E-state index contributed by atoms with van der Waals surface area (Å²) in [4.78, 5) is 41.8. The number of carbonyl (C=O) groups excluding carboxylic acids is 2. The molecule has 4 rings (SSSR count). The van der Waals surface area contributed by atoms with Crippen LogP contribution < -0.4 is 4.90 Å². The number of carbonyl (C=O) groups is 2. The predicted molar refractivity (Wildman–Crippen MR) is 118 cm³/mol. The lowest BCUT2D eigenvalue weighted by Gasteiger charge is -2.25. The molecule has 1 aromatic heterocycles. The second-order valence-electron chi connectivity index (χ2n) is 7.27. The number of nitro benzene ring substituents is 1. The summed E-state index contributed by atoms with van der Waals surface area (Å²) in [5.41, 5.74) is 2.17. The molecule has 160 valence electrons. The average molecular weight is 429 g/mol. The number of hydrogen-bond acceptors (Lipinski definition) is 6. The van der Waals surface area contributed by atoms with Gasteiger partial charge in [-0.05, 0) is 53.9 Å². The van der Waals surface area contributed by atoms with E-state index in [4.69, 9.17) is 0 Å². The molecule has 1 saturated heterocycles. The summed E-state index contributed by atoms with van der Waals surface area (Å²) in [5, 5.41) is 21.9. The number of ketones is 1. The number of hydrogen-bond donors (Lipinski definition) is 1. The molecule has 1 atom stereocenters. The highest BCUT2D eigenvalue weighted by molar-refractivity contribution is 6.51. The van der Waals surface area contributed by atoms with Gasteiger partial charge in [-0.2, -0.15) is 0 Å². The number of non-ortho nitro benzene ring substituents is 1. The molecule has 1 amide bonds. The van der Waals surface area contributed by atoms with Gasteiger partial charge in [-0.3, -0.25) is 29.6 Å². The molecule has 2 heterocycles. The lowest BCUT2D eigenvalue weighted by atomic mass is 9.95. The first-order valence-corrected chi connectivity index (χ1v) is 9.97. The van der Waals surface area contributed by atoms with E-state index in [0.717, 1.165) is 12.0 Å². The van der Waals surface area contributed by atoms with E-state index in [2.05, 4.69) is 4.98 Å². The van der Waals surface area contributed by atoms with E-state index in [-0.39, 0.29) is 16.8 Å². The lowest BCUT2D eigenvalue weighted by Crippen LogP contribution is -2.29. The Morgan fingerprint density at radius 3 is 2.22 bits per heavy atom. The molecule has 0 saturated carbocycles. The first kappa shape index (κ1) is 20.9. The molecule has 1 aliphatic heterocycles. The second kappa shape index (κ2) is 8.43. The van der Waals surface area contributed by atoms with Crippen LogP contribution in [-0.2, 0) is 16.0 Å². The summed E-state index contributed by atoms with van der Waals surface area (Å²) in [6.45, 7) is 2.02. The van der Waals surface area contributed by atoms with Crippen LogP contribution in [0.2, 0.25) is 0 Å². The monoisotopic (exact) mass is 429 g/mol. The Morgan fingerprint density at radius 1 is 1.03 bits per heavy atom. The number of rotatable bonds is 5. The molecular weight excluding hydrogens is 410 g/mol. The standard InChI is InChI=1S/C24H19N3O5/c1-2-15-3-7-18(8-4-15)26-21(16-11-13-25-14-12-16)20(23(29)24(26)30)22(28)17-5-9-19(10-6-17)27(31)32/h3-14,21,28H,2H2,1H3/b22-20-. The van der Waals surface area contributed by atoms with E-state index < -0.39 is 28.4 Å². The molecule has 0 radical (unpaired) electrons. The summed E-state index contributed by atoms with van der Waals surface area (Å²) in [7, 11) is 0. The number of aliphatic hydroxyl groups is 1. The minimum atomic E-state index is -0.874. The predicted octanol–water partition coefficient (Wildman–Crippen LogP) is 4.18. The van der Waals surface area contributed by atoms with E-state index in [1.165, 1.54) is 29.2 Å². The van der Waals surface area contributed by atoms with Crippen molar-refractivity contribution < 1.29 is 19.6 Å². The Kier molecular flexibility index (Phi) is 5.51. The molecule has 8 heteroatoms. The molecule has 1 N–H and O–H groups in total. The average Bonchev–Trinajstić information content (AvgIpc) is 3.09. The fourth-order valence-electron chi connectivity index (χ4n) is 3.75. The van der Waals surface area contributed by atoms with Gasteiger partial charge in [0.2, 0.25) is 0 Å². The highest BCUT2D eigenvalue weighted by atomic mass is 16.6. The summed E-state index contributed by atoms with van der Waals surface area (Å²) < 4.78 is 0. The van der Waals surface area contributed by atoms with Gasteiger partial charge in [-0.25, -0.2) is 0 Å². The maximum atomic E-state index is 13.1. The quantitative estimate of drug-likeness (QED) is 0.214. The van der Waals surface area contributed by atoms with Crippen LogP contribution >= 0.6 is 0 Å². The van der Waals surface area contributed by atoms with E-state index in [1.807, 2.05) is 19.1 Å². The van der Waals surface area contributed by atoms with Crippen LogP contribution in [0.15, 0.2) is 78.6 Å². The fourth-order valence-corrected chi connectivity index (χ4v) is 3.75. The number of nitrogens with zero attached hydrogens (tertiary/aromatic N) is 3. The number of Topliss-reactive ketones (excluding diaryl/α,β-unsaturated/α-hetero) is 1. The highest BCUT2D eigenvalue weighted by Gasteiger charge is 2.46. The first-order chi connectivity index (χ1) is 15.4. The Morgan fingerprint density at radius 2 is 1.66 bits per heavy atom. The smallest absolute Gasteiger partial charge is 0.300 e. The summed E-state index contributed by atoms with van der Waals surface area (Å²) >= 11 is 0. The van der Waals surface area contributed by atoms with Crippen molar-refractivity contribution in [2.24, 2.45) is 0 Å². The van der Waals surface area contributed by atoms with Crippen molar-refractivity contribution in [2.45, 2.75) is 19.4 Å². The largest absolute Gasteiger partial charge is 0.507 e. The third-order valence-corrected chi connectivity index (χ3v) is 5.44. The molecule has 0 bridgehead atoms. The topological polar surface area (TPSA) is 114 Å². The molecule has 0 aliphatic carbocycles. The Bertz CT molecular complexity index is 1220. The van der Waals surface area contributed by atoms with Gasteiger partial charge in [0.05, 0.1) is 16.5 Å². The van der Waals surface area contributed by atoms with Gasteiger partial charge < -0.3 is 5.11 Å². The molecule has 2 aromatic carbocycles. The summed E-state index contributed by atoms with van der Waals surface area (Å²) in [6, 6.07) is 14.9. The van der Waals surface area contributed by atoms with Crippen LogP contribution in [0.1, 0.15) is 29.7 Å². The van der Waals surface area contributed by atoms with Crippen molar-refractivity contribution in [3.05, 3.63) is 105 Å². The molecule has 1 unspecified atom stereocenters. The molecule has 3 aromatic rings. The van der Waals surface area contributed by atoms with Crippen LogP contribution in [0.5, 0.6) is 0 Å². The molecule has 1 aliphatic rings. The van der Waals surface area contributed by atoms with Crippen molar-refractivity contribution >= 4 is 28.8 Å². The zero-order valence-corrected chi connectivity index (χ0v) is 17.1. The van der Waals surface area contributed by atoms with Crippen molar-refractivity contribution in [3.8, 4) is 0 Å². The van der Waals surface area contributed by atoms with Crippen LogP contribution in [0.4, 0.5) is 11.4 Å². The van der Waals surface area contributed by atoms with Gasteiger partial charge in [0.25, 0.3) is 17.4 Å². The third-order valence-electron chi connectivity index (χ3n) is 5.44. The number of aromatic nitrogens is 1. The Hall–Kier alpha value is -4.33. The van der Waals surface area contributed by atoms with E-state index >= 15 is 0 Å². The highest BCUT2D eigenvalue weighted by Crippen LogP contribution is 2.42. The molecular formula is C24H19N3O5. The number of pyridine rings is 1. The normalized spacial score (nSPS) is 17.5. The SMILES string of the molecule is CCc1ccc(N2C(=O)C(=O)/C(=C(\O)c3ccc([N+](=O)[O-])cc3)C2c2ccncc2)cc1. The van der Waals surface area contributed by atoms with Crippen LogP contribution in [0, 0.1) is 10.1 Å². The minimum absolute atomic E-state index is 0.0883. The molecule has 8 nitrogen and oxygen atoms in total. The molecule has 1 fully saturated rings. The number of anilines is 1. The van der Waals surface area contributed by atoms with E-state index in [9.17, 15) is 24.8 Å². The molecule has 0 spiro atoms. The van der Waals surface area contributed by atoms with Crippen molar-refractivity contribution in [3.63, 3.8) is 0 Å². The number of nitro groups is 1. The van der Waals surface area contributed by atoms with Crippen molar-refractivity contribution in [2.75, 3.05) is 4.90 Å². The van der Waals surface area contributed by atoms with E-state index in [1.54, 1.807) is 36.7 Å². The van der Waals surface area contributed by atoms with Crippen LogP contribution in [-0.4, -0.2) is 26.7 Å². The van der Waals surface area contributed by atoms with Gasteiger partial charge in [0.1, 0.15) is 5.76 Å². The van der Waals surface area contributed by atoms with Gasteiger partial charge >= 0.3 is 0 Å². The van der Waals surface area contributed by atoms with Crippen molar-refractivity contribution in [1.82, 2.24) is 4.98 Å². The third kappa shape index (κ3) is 3.62. The van der Waals surface area contributed by atoms with Gasteiger partial charge in [-0.15, -0.1) is 0 Å². The van der Waals surface area contributed by atoms with Gasteiger partial charge in [-0.1, -0.05) is 19.1 Å². The summed E-state index contributed by atoms with van der Waals surface area (Å²) in [6.07, 6.45) is 3.91. The molecule has 32 heavy (non-hydrogen) atoms. The summed E-state index contributed by atoms with van der Waals surface area (Å²) in [5.74, 6) is -1.99. The van der Waals surface area contributed by atoms with Crippen LogP contribution in [0.25, 0.3) is 5.76 Å². The van der Waals surface area contributed by atoms with Gasteiger partial charge in [0.15, 0.2) is 0 Å². The second-order valence-corrected chi connectivity index (χ2v) is 7.27. The Balaban J connectivity index is 1.88. The number of aryl methyl sites for hydroxylation is 1. The fraction of sp³-hybridized carbons (Fsp3) is 0.125. The Labute approximate surface area is 183 Å². The lowest BCUT2D eigenvalue weighted by molar-refractivity contribution is -0.384. The number of aliphatic hydroxyl groups excluding tert-OH is 1. The first-order valence-electron chi connectivity index (χ1n) is 9.97. The number of benzene rings is 2. The van der Waals surface area contributed by atoms with E-state index in [0.29, 0.717) is 11.3 Å². The maximum absolute atomic E-state index is 13.1. The minimum Gasteiger partial charge on any atom is -0.507 e. The zero-order valence-electron chi connectivity index (χ0n) is 17.1. The van der Waals surface area contributed by atoms with Gasteiger partial charge in [0, 0.05) is 35.8 Å². The maximum Gasteiger partial charge on any atom is 0.300 e. The zero-order chi connectivity index (χ0) is 22.8. The van der Waals surface area contributed by atoms with Crippen LogP contribution in [0.3, 0.4) is 0 Å².